The maximum Gasteiger partial charge on any atom is 0.405 e. The van der Waals surface area contributed by atoms with E-state index in [1.165, 1.54) is 4.57 Å². The number of carbonyl (C=O) groups is 1. The van der Waals surface area contributed by atoms with Crippen LogP contribution in [0.25, 0.3) is 33.4 Å². The Bertz CT molecular complexity index is 1420. The van der Waals surface area contributed by atoms with E-state index in [9.17, 15) is 19.1 Å². The molecule has 34 heavy (non-hydrogen) atoms. The van der Waals surface area contributed by atoms with Crippen molar-refractivity contribution >= 4 is 33.0 Å². The van der Waals surface area contributed by atoms with Gasteiger partial charge in [-0.15, -0.1) is 0 Å². The van der Waals surface area contributed by atoms with Crippen molar-refractivity contribution in [2.24, 2.45) is 0 Å². The lowest BCUT2D eigenvalue weighted by Gasteiger charge is -2.42. The van der Waals surface area contributed by atoms with Gasteiger partial charge in [0.2, 0.25) is 0 Å². The van der Waals surface area contributed by atoms with Crippen LogP contribution in [0.2, 0.25) is 0 Å². The first-order valence-corrected chi connectivity index (χ1v) is 11.8. The van der Waals surface area contributed by atoms with Crippen LogP contribution in [0.4, 0.5) is 9.18 Å². The molecule has 0 radical (unpaired) electrons. The summed E-state index contributed by atoms with van der Waals surface area (Å²) in [5.41, 5.74) is 2.63. The Hall–Kier alpha value is -3.39. The summed E-state index contributed by atoms with van der Waals surface area (Å²) < 4.78 is 21.3. The summed E-state index contributed by atoms with van der Waals surface area (Å²) in [4.78, 5) is 24.6. The van der Waals surface area contributed by atoms with Gasteiger partial charge in [0.1, 0.15) is 12.4 Å². The summed E-state index contributed by atoms with van der Waals surface area (Å²) in [6.07, 6.45) is 2.97. The van der Waals surface area contributed by atoms with E-state index in [0.29, 0.717) is 26.8 Å². The standard InChI is InChI=1S/C26H22BrFN2O4/c27-19-15-30(14-13-28)24(31)21-20(16-5-2-1-3-6-16)22(34-23(19)21)17-7-9-18(10-8-17)26(11-4-12-26)29-25(32)33/h1-3,5-10,15,29H,4,11-14H2,(H,32,33). The zero-order valence-corrected chi connectivity index (χ0v) is 19.8. The molecule has 0 aliphatic heterocycles. The van der Waals surface area contributed by atoms with Gasteiger partial charge >= 0.3 is 6.09 Å². The average molecular weight is 525 g/mol. The van der Waals surface area contributed by atoms with Crippen molar-refractivity contribution in [3.05, 3.63) is 81.2 Å². The number of amides is 1. The molecular formula is C26H22BrFN2O4. The monoisotopic (exact) mass is 524 g/mol. The van der Waals surface area contributed by atoms with Crippen LogP contribution < -0.4 is 10.9 Å². The number of nitrogens with zero attached hydrogens (tertiary/aromatic N) is 1. The van der Waals surface area contributed by atoms with Crippen LogP contribution in [0.5, 0.6) is 0 Å². The van der Waals surface area contributed by atoms with E-state index >= 15 is 0 Å². The number of carboxylic acid groups (broad SMARTS) is 1. The van der Waals surface area contributed by atoms with Crippen LogP contribution in [0, 0.1) is 0 Å². The molecule has 0 unspecified atom stereocenters. The fourth-order valence-electron chi connectivity index (χ4n) is 4.70. The van der Waals surface area contributed by atoms with Crippen LogP contribution in [-0.2, 0) is 12.1 Å². The number of alkyl halides is 1. The van der Waals surface area contributed by atoms with E-state index in [1.54, 1.807) is 6.20 Å². The molecule has 0 spiro atoms. The number of pyridine rings is 1. The second-order valence-corrected chi connectivity index (χ2v) is 9.34. The minimum absolute atomic E-state index is 0.0462. The predicted molar refractivity (Wildman–Crippen MR) is 132 cm³/mol. The maximum absolute atomic E-state index is 13.3. The van der Waals surface area contributed by atoms with Gasteiger partial charge in [0.25, 0.3) is 5.56 Å². The summed E-state index contributed by atoms with van der Waals surface area (Å²) in [5.74, 6) is 0.525. The van der Waals surface area contributed by atoms with Gasteiger partial charge in [-0.25, -0.2) is 9.18 Å². The van der Waals surface area contributed by atoms with Crippen LogP contribution in [0.1, 0.15) is 24.8 Å². The average Bonchev–Trinajstić information content (AvgIpc) is 3.22. The number of furan rings is 1. The molecule has 0 saturated heterocycles. The molecule has 2 N–H and O–H groups in total. The smallest absolute Gasteiger partial charge is 0.405 e. The van der Waals surface area contributed by atoms with Crippen molar-refractivity contribution in [1.29, 1.82) is 0 Å². The number of hydrogen-bond donors (Lipinski definition) is 2. The molecule has 1 fully saturated rings. The van der Waals surface area contributed by atoms with E-state index in [2.05, 4.69) is 21.2 Å². The largest absolute Gasteiger partial charge is 0.465 e. The van der Waals surface area contributed by atoms with Crippen molar-refractivity contribution < 1.29 is 18.7 Å². The molecule has 174 valence electrons. The van der Waals surface area contributed by atoms with Gasteiger partial charge in [0.15, 0.2) is 5.58 Å². The van der Waals surface area contributed by atoms with Crippen LogP contribution in [0.3, 0.4) is 0 Å². The molecule has 2 aromatic carbocycles. The predicted octanol–water partition coefficient (Wildman–Crippen LogP) is 6.31. The van der Waals surface area contributed by atoms with Gasteiger partial charge in [0, 0.05) is 17.3 Å². The van der Waals surface area contributed by atoms with Gasteiger partial charge in [-0.1, -0.05) is 54.6 Å². The van der Waals surface area contributed by atoms with Crippen molar-refractivity contribution in [1.82, 2.24) is 9.88 Å². The highest BCUT2D eigenvalue weighted by Crippen LogP contribution is 2.44. The number of halogens is 2. The van der Waals surface area contributed by atoms with Gasteiger partial charge in [-0.05, 0) is 46.3 Å². The molecular weight excluding hydrogens is 503 g/mol. The molecule has 8 heteroatoms. The van der Waals surface area contributed by atoms with Crippen LogP contribution in [0.15, 0.2) is 74.5 Å². The van der Waals surface area contributed by atoms with Crippen LogP contribution in [-0.4, -0.2) is 22.4 Å². The lowest BCUT2D eigenvalue weighted by Crippen LogP contribution is -2.50. The van der Waals surface area contributed by atoms with E-state index < -0.39 is 18.3 Å². The Morgan fingerprint density at radius 1 is 1.12 bits per heavy atom. The highest BCUT2D eigenvalue weighted by Gasteiger charge is 2.40. The third-order valence-corrected chi connectivity index (χ3v) is 7.07. The minimum atomic E-state index is -1.04. The van der Waals surface area contributed by atoms with Crippen molar-refractivity contribution in [2.75, 3.05) is 6.67 Å². The molecule has 0 atom stereocenters. The summed E-state index contributed by atoms with van der Waals surface area (Å²) in [6, 6.07) is 17.1. The lowest BCUT2D eigenvalue weighted by atomic mass is 9.72. The molecule has 2 heterocycles. The molecule has 2 aromatic heterocycles. The Kier molecular flexibility index (Phi) is 5.77. The zero-order chi connectivity index (χ0) is 23.9. The molecule has 6 nitrogen and oxygen atoms in total. The number of fused-ring (bicyclic) bond motifs is 1. The fourth-order valence-corrected chi connectivity index (χ4v) is 5.23. The van der Waals surface area contributed by atoms with Crippen molar-refractivity contribution in [3.8, 4) is 22.5 Å². The minimum Gasteiger partial charge on any atom is -0.465 e. The summed E-state index contributed by atoms with van der Waals surface area (Å²) in [5, 5.41) is 12.3. The summed E-state index contributed by atoms with van der Waals surface area (Å²) in [6.45, 7) is -0.702. The summed E-state index contributed by atoms with van der Waals surface area (Å²) in [7, 11) is 0. The first kappa shape index (κ1) is 22.4. The first-order chi connectivity index (χ1) is 16.4. The molecule has 1 aliphatic carbocycles. The lowest BCUT2D eigenvalue weighted by molar-refractivity contribution is 0.144. The Labute approximate surface area is 203 Å². The summed E-state index contributed by atoms with van der Waals surface area (Å²) >= 11 is 3.48. The Morgan fingerprint density at radius 3 is 2.41 bits per heavy atom. The normalized spacial score (nSPS) is 14.6. The van der Waals surface area contributed by atoms with E-state index in [-0.39, 0.29) is 12.1 Å². The highest BCUT2D eigenvalue weighted by atomic mass is 79.9. The first-order valence-electron chi connectivity index (χ1n) is 11.0. The number of rotatable bonds is 6. The maximum atomic E-state index is 13.3. The van der Waals surface area contributed by atoms with E-state index in [4.69, 9.17) is 4.42 Å². The highest BCUT2D eigenvalue weighted by molar-refractivity contribution is 9.10. The quantitative estimate of drug-likeness (QED) is 0.309. The topological polar surface area (TPSA) is 84.5 Å². The molecule has 1 amide bonds. The molecule has 0 bridgehead atoms. The van der Waals surface area contributed by atoms with Gasteiger partial charge < -0.3 is 19.4 Å². The van der Waals surface area contributed by atoms with Gasteiger partial charge in [0.05, 0.1) is 21.9 Å². The number of hydrogen-bond acceptors (Lipinski definition) is 3. The van der Waals surface area contributed by atoms with Crippen molar-refractivity contribution in [3.63, 3.8) is 0 Å². The Balaban J connectivity index is 1.70. The molecule has 5 rings (SSSR count). The number of nitrogens with one attached hydrogen (secondary N) is 1. The molecule has 1 saturated carbocycles. The fraction of sp³-hybridized carbons (Fsp3) is 0.231. The van der Waals surface area contributed by atoms with Crippen LogP contribution >= 0.6 is 15.9 Å². The second-order valence-electron chi connectivity index (χ2n) is 8.48. The van der Waals surface area contributed by atoms with Gasteiger partial charge in [-0.2, -0.15) is 0 Å². The van der Waals surface area contributed by atoms with E-state index in [1.807, 2.05) is 54.6 Å². The van der Waals surface area contributed by atoms with E-state index in [0.717, 1.165) is 36.0 Å². The Morgan fingerprint density at radius 2 is 1.82 bits per heavy atom. The second kappa shape index (κ2) is 8.76. The third kappa shape index (κ3) is 3.72. The molecule has 1 aliphatic rings. The zero-order valence-electron chi connectivity index (χ0n) is 18.2. The number of benzene rings is 2. The third-order valence-electron chi connectivity index (χ3n) is 6.51. The van der Waals surface area contributed by atoms with Gasteiger partial charge in [-0.3, -0.25) is 4.79 Å². The molecule has 4 aromatic rings. The van der Waals surface area contributed by atoms with Crippen molar-refractivity contribution in [2.45, 2.75) is 31.3 Å². The SMILES string of the molecule is O=C(O)NC1(c2ccc(-c3oc4c(Br)cn(CCF)c(=O)c4c3-c3ccccc3)cc2)CCC1. The number of aryl methyl sites for hydroxylation is 1. The number of aromatic nitrogens is 1.